The Morgan fingerprint density at radius 2 is 1.14 bits per heavy atom. The largest absolute Gasteiger partial charge is 0.508 e. The van der Waals surface area contributed by atoms with Gasteiger partial charge < -0.3 is 28.5 Å². The molecule has 0 atom stereocenters. The number of aryl methyl sites for hydroxylation is 2. The molecule has 218 valence electrons. The Hall–Kier alpha value is -4.39. The lowest BCUT2D eigenvalue weighted by atomic mass is 10.2. The maximum absolute atomic E-state index is 9.33. The zero-order chi connectivity index (χ0) is 30.2. The fourth-order valence-electron chi connectivity index (χ4n) is 4.23. The lowest BCUT2D eigenvalue weighted by Gasteiger charge is -2.19. The molecule has 0 bridgehead atoms. The number of nitrogens with zero attached hydrogens (tertiary/aromatic N) is 6. The number of rotatable bonds is 5. The van der Waals surface area contributed by atoms with Gasteiger partial charge in [0.05, 0.1) is 30.4 Å². The summed E-state index contributed by atoms with van der Waals surface area (Å²) in [5, 5.41) is 11.2. The molecule has 6 aromatic rings. The molecule has 4 heterocycles. The molecule has 0 unspecified atom stereocenters. The molecule has 0 aliphatic carbocycles. The third-order valence-electron chi connectivity index (χ3n) is 6.40. The van der Waals surface area contributed by atoms with Crippen LogP contribution in [-0.4, -0.2) is 50.7 Å². The lowest BCUT2D eigenvalue weighted by molar-refractivity contribution is 0.415. The molecule has 2 aromatic carbocycles. The number of halogens is 1. The number of hydrogen-bond donors (Lipinski definition) is 1. The second kappa shape index (κ2) is 14.0. The Kier molecular flexibility index (Phi) is 10.2. The van der Waals surface area contributed by atoms with Gasteiger partial charge in [0.1, 0.15) is 35.8 Å². The van der Waals surface area contributed by atoms with Crippen molar-refractivity contribution in [3.63, 3.8) is 0 Å². The predicted octanol–water partition coefficient (Wildman–Crippen LogP) is 7.75. The highest BCUT2D eigenvalue weighted by Crippen LogP contribution is 2.33. The van der Waals surface area contributed by atoms with Crippen LogP contribution in [0, 0.1) is 13.8 Å². The monoisotopic (exact) mass is 678 g/mol. The minimum absolute atomic E-state index is 0.240. The number of aromatic nitrogens is 4. The fraction of sp³-hybridized carbons (Fsp3) is 0.226. The average Bonchev–Trinajstić information content (AvgIpc) is 3.60. The Morgan fingerprint density at radius 3 is 1.55 bits per heavy atom. The van der Waals surface area contributed by atoms with Crippen LogP contribution in [-0.2, 0) is 0 Å². The van der Waals surface area contributed by atoms with Crippen LogP contribution in [0.4, 0.5) is 23.0 Å². The Balaban J connectivity index is 0.000000177. The molecule has 42 heavy (non-hydrogen) atoms. The molecule has 0 radical (unpaired) electrons. The van der Waals surface area contributed by atoms with Crippen molar-refractivity contribution in [1.82, 2.24) is 19.9 Å². The van der Waals surface area contributed by atoms with E-state index >= 15 is 0 Å². The first-order chi connectivity index (χ1) is 20.3. The van der Waals surface area contributed by atoms with Crippen molar-refractivity contribution in [2.24, 2.45) is 0 Å². The summed E-state index contributed by atoms with van der Waals surface area (Å²) < 4.78 is 17.2. The molecule has 4 aromatic heterocycles. The maximum Gasteiger partial charge on any atom is 0.231 e. The quantitative estimate of drug-likeness (QED) is 0.143. The van der Waals surface area contributed by atoms with Crippen LogP contribution in [0.5, 0.6) is 11.5 Å². The van der Waals surface area contributed by atoms with Crippen molar-refractivity contribution in [3.05, 3.63) is 84.8 Å². The topological polar surface area (TPSA) is 114 Å². The first-order valence-corrected chi connectivity index (χ1v) is 14.7. The van der Waals surface area contributed by atoms with E-state index in [1.807, 2.05) is 74.1 Å². The number of phenolic OH excluding ortho intramolecular Hbond substituents is 1. The molecule has 0 saturated carbocycles. The van der Waals surface area contributed by atoms with Crippen molar-refractivity contribution in [1.29, 1.82) is 0 Å². The summed E-state index contributed by atoms with van der Waals surface area (Å²) in [4.78, 5) is 20.9. The molecule has 0 aliphatic heterocycles. The van der Waals surface area contributed by atoms with Gasteiger partial charge in [0, 0.05) is 36.6 Å². The first-order valence-electron chi connectivity index (χ1n) is 13.1. The predicted molar refractivity (Wildman–Crippen MR) is 175 cm³/mol. The molecule has 0 fully saturated rings. The van der Waals surface area contributed by atoms with E-state index in [0.717, 1.165) is 50.7 Å². The summed E-state index contributed by atoms with van der Waals surface area (Å²) in [5.74, 6) is 2.67. The molecule has 10 nitrogen and oxygen atoms in total. The number of fused-ring (bicyclic) bond motifs is 2. The van der Waals surface area contributed by atoms with Crippen molar-refractivity contribution >= 4 is 67.8 Å². The summed E-state index contributed by atoms with van der Waals surface area (Å²) >= 11 is 2.29. The molecule has 6 rings (SSSR count). The Bertz CT molecular complexity index is 1740. The van der Waals surface area contributed by atoms with Crippen molar-refractivity contribution in [3.8, 4) is 11.5 Å². The summed E-state index contributed by atoms with van der Waals surface area (Å²) in [5.41, 5.74) is 5.15. The molecule has 1 N–H and O–H groups in total. The van der Waals surface area contributed by atoms with E-state index in [1.165, 1.54) is 17.1 Å². The average molecular weight is 679 g/mol. The zero-order valence-electron chi connectivity index (χ0n) is 24.4. The molecule has 0 amide bonds. The number of alkyl halides is 1. The molecular weight excluding hydrogens is 645 g/mol. The highest BCUT2D eigenvalue weighted by molar-refractivity contribution is 14.1. The van der Waals surface area contributed by atoms with Gasteiger partial charge in [0.15, 0.2) is 0 Å². The van der Waals surface area contributed by atoms with E-state index in [2.05, 4.69) is 49.5 Å². The third-order valence-corrected chi connectivity index (χ3v) is 6.40. The third kappa shape index (κ3) is 6.73. The maximum atomic E-state index is 9.33. The second-order valence-corrected chi connectivity index (χ2v) is 10.7. The van der Waals surface area contributed by atoms with Gasteiger partial charge in [-0.3, -0.25) is 0 Å². The van der Waals surface area contributed by atoms with Gasteiger partial charge in [-0.1, -0.05) is 29.5 Å². The summed E-state index contributed by atoms with van der Waals surface area (Å²) in [6, 6.07) is 14.8. The normalized spacial score (nSPS) is 10.5. The van der Waals surface area contributed by atoms with E-state index in [4.69, 9.17) is 13.6 Å². The van der Waals surface area contributed by atoms with Crippen LogP contribution in [0.15, 0.2) is 82.5 Å². The van der Waals surface area contributed by atoms with Gasteiger partial charge in [0.2, 0.25) is 11.4 Å². The SMILES string of the molecule is C[11CH2]I.Cc1coc2ncnc(N(C)c3ccc(O)cc3)c12.Cc1coc2ncnc(N(C)c3ccc(O[11CH3])cc3)c12. The van der Waals surface area contributed by atoms with Gasteiger partial charge in [0.25, 0.3) is 0 Å². The number of aromatic hydroxyl groups is 1. The van der Waals surface area contributed by atoms with E-state index in [-0.39, 0.29) is 5.75 Å². The van der Waals surface area contributed by atoms with Crippen LogP contribution in [0.2, 0.25) is 0 Å². The van der Waals surface area contributed by atoms with Gasteiger partial charge in [-0.05, 0) is 66.8 Å². The molecular formula is C31H33IN6O4. The van der Waals surface area contributed by atoms with E-state index in [0.29, 0.717) is 11.4 Å². The summed E-state index contributed by atoms with van der Waals surface area (Å²) in [6.07, 6.45) is 6.37. The minimum atomic E-state index is 0.240. The molecule has 0 aliphatic rings. The summed E-state index contributed by atoms with van der Waals surface area (Å²) in [6.45, 7) is 6.06. The van der Waals surface area contributed by atoms with Crippen LogP contribution in [0.3, 0.4) is 0 Å². The molecule has 0 saturated heterocycles. The van der Waals surface area contributed by atoms with E-state index in [9.17, 15) is 5.11 Å². The number of hydrogen-bond acceptors (Lipinski definition) is 10. The number of methoxy groups -OCH3 is 1. The first kappa shape index (κ1) is 30.6. The van der Waals surface area contributed by atoms with Gasteiger partial charge in [-0.15, -0.1) is 0 Å². The molecule has 11 heteroatoms. The van der Waals surface area contributed by atoms with Crippen molar-refractivity contribution in [2.75, 3.05) is 35.4 Å². The highest BCUT2D eigenvalue weighted by atomic mass is 127. The fourth-order valence-corrected chi connectivity index (χ4v) is 4.23. The van der Waals surface area contributed by atoms with E-state index < -0.39 is 0 Å². The highest BCUT2D eigenvalue weighted by Gasteiger charge is 2.16. The minimum Gasteiger partial charge on any atom is -0.508 e. The van der Waals surface area contributed by atoms with Crippen LogP contribution in [0.1, 0.15) is 18.1 Å². The number of ether oxygens (including phenoxy) is 1. The Labute approximate surface area is 258 Å². The van der Waals surface area contributed by atoms with Crippen molar-refractivity contribution < 1.29 is 18.7 Å². The number of furan rings is 2. The van der Waals surface area contributed by atoms with Gasteiger partial charge in [-0.25, -0.2) is 19.9 Å². The van der Waals surface area contributed by atoms with Crippen LogP contribution >= 0.6 is 22.6 Å². The van der Waals surface area contributed by atoms with Crippen LogP contribution < -0.4 is 14.5 Å². The number of benzene rings is 2. The van der Waals surface area contributed by atoms with Gasteiger partial charge >= 0.3 is 0 Å². The Morgan fingerprint density at radius 1 is 0.738 bits per heavy atom. The van der Waals surface area contributed by atoms with Gasteiger partial charge in [-0.2, -0.15) is 0 Å². The number of anilines is 4. The zero-order valence-corrected chi connectivity index (χ0v) is 26.5. The smallest absolute Gasteiger partial charge is 0.231 e. The molecule has 0 spiro atoms. The van der Waals surface area contributed by atoms with E-state index in [1.54, 1.807) is 31.8 Å². The van der Waals surface area contributed by atoms with Crippen molar-refractivity contribution in [2.45, 2.75) is 20.8 Å². The standard InChI is InChI=1S/C15H15N3O2.C14H13N3O2.C2H5I/c1-10-8-20-15-13(10)14(16-9-17-15)18(2)11-4-6-12(19-3)7-5-11;1-9-7-19-14-12(9)13(15-8-16-14)17(2)10-3-5-11(18)6-4-10;1-2-3/h4-9H,1-3H3;3-8,18H,1-2H3;2H2,1H3/i3-1;;2-1. The van der Waals surface area contributed by atoms with Crippen LogP contribution in [0.25, 0.3) is 22.2 Å². The summed E-state index contributed by atoms with van der Waals surface area (Å²) in [7, 11) is 5.54. The second-order valence-electron chi connectivity index (χ2n) is 9.19. The lowest BCUT2D eigenvalue weighted by Crippen LogP contribution is -2.11. The number of phenols is 1.